The highest BCUT2D eigenvalue weighted by atomic mass is 16.5. The van der Waals surface area contributed by atoms with Crippen molar-refractivity contribution in [1.29, 1.82) is 0 Å². The van der Waals surface area contributed by atoms with E-state index in [9.17, 15) is 9.59 Å². The SMILES string of the molecule is CCOC(=O)C(=O)Cc1cccc(C)c1. The first-order valence-corrected chi connectivity index (χ1v) is 4.89. The Bertz CT molecular complexity index is 369. The van der Waals surface area contributed by atoms with Crippen molar-refractivity contribution in [2.24, 2.45) is 0 Å². The molecule has 0 amide bonds. The van der Waals surface area contributed by atoms with Gasteiger partial charge in [-0.05, 0) is 19.4 Å². The van der Waals surface area contributed by atoms with Crippen molar-refractivity contribution in [1.82, 2.24) is 0 Å². The Morgan fingerprint density at radius 3 is 2.67 bits per heavy atom. The fraction of sp³-hybridized carbons (Fsp3) is 0.333. The summed E-state index contributed by atoms with van der Waals surface area (Å²) in [6.07, 6.45) is 0.112. The van der Waals surface area contributed by atoms with Gasteiger partial charge in [0.05, 0.1) is 6.61 Å². The Labute approximate surface area is 89.1 Å². The molecule has 0 saturated carbocycles. The zero-order chi connectivity index (χ0) is 11.3. The minimum absolute atomic E-state index is 0.112. The van der Waals surface area contributed by atoms with Gasteiger partial charge in [-0.2, -0.15) is 0 Å². The highest BCUT2D eigenvalue weighted by Crippen LogP contribution is 2.05. The average Bonchev–Trinajstić information content (AvgIpc) is 2.18. The normalized spacial score (nSPS) is 9.73. The van der Waals surface area contributed by atoms with E-state index >= 15 is 0 Å². The van der Waals surface area contributed by atoms with E-state index in [1.807, 2.05) is 31.2 Å². The van der Waals surface area contributed by atoms with Gasteiger partial charge >= 0.3 is 5.97 Å². The highest BCUT2D eigenvalue weighted by molar-refractivity contribution is 6.34. The molecule has 15 heavy (non-hydrogen) atoms. The lowest BCUT2D eigenvalue weighted by atomic mass is 10.1. The van der Waals surface area contributed by atoms with Gasteiger partial charge in [-0.25, -0.2) is 4.79 Å². The van der Waals surface area contributed by atoms with Crippen molar-refractivity contribution in [2.75, 3.05) is 6.61 Å². The number of hydrogen-bond acceptors (Lipinski definition) is 3. The third kappa shape index (κ3) is 3.54. The van der Waals surface area contributed by atoms with E-state index in [4.69, 9.17) is 0 Å². The predicted octanol–water partition coefficient (Wildman–Crippen LogP) is 1.67. The number of esters is 1. The van der Waals surface area contributed by atoms with E-state index < -0.39 is 11.8 Å². The molecule has 0 N–H and O–H groups in total. The van der Waals surface area contributed by atoms with Crippen LogP contribution in [-0.4, -0.2) is 18.4 Å². The van der Waals surface area contributed by atoms with Gasteiger partial charge in [-0.3, -0.25) is 4.79 Å². The standard InChI is InChI=1S/C12H14O3/c1-3-15-12(14)11(13)8-10-6-4-5-9(2)7-10/h4-7H,3,8H2,1-2H3. The molecule has 0 aliphatic heterocycles. The van der Waals surface area contributed by atoms with Crippen LogP contribution in [0.25, 0.3) is 0 Å². The number of benzene rings is 1. The first-order valence-electron chi connectivity index (χ1n) is 4.89. The maximum Gasteiger partial charge on any atom is 0.374 e. The minimum Gasteiger partial charge on any atom is -0.460 e. The van der Waals surface area contributed by atoms with E-state index in [2.05, 4.69) is 4.74 Å². The predicted molar refractivity (Wildman–Crippen MR) is 56.5 cm³/mol. The van der Waals surface area contributed by atoms with Crippen molar-refractivity contribution in [3.63, 3.8) is 0 Å². The zero-order valence-corrected chi connectivity index (χ0v) is 8.95. The molecule has 0 spiro atoms. The lowest BCUT2D eigenvalue weighted by molar-refractivity contribution is -0.153. The molecule has 1 aromatic carbocycles. The van der Waals surface area contributed by atoms with E-state index in [-0.39, 0.29) is 13.0 Å². The van der Waals surface area contributed by atoms with Gasteiger partial charge in [0.2, 0.25) is 5.78 Å². The summed E-state index contributed by atoms with van der Waals surface area (Å²) in [6.45, 7) is 3.86. The van der Waals surface area contributed by atoms with Crippen LogP contribution in [0.5, 0.6) is 0 Å². The van der Waals surface area contributed by atoms with Crippen LogP contribution in [0.2, 0.25) is 0 Å². The Hall–Kier alpha value is -1.64. The molecule has 0 bridgehead atoms. The first kappa shape index (κ1) is 11.4. The molecule has 0 radical (unpaired) electrons. The molecule has 0 aliphatic carbocycles. The summed E-state index contributed by atoms with van der Waals surface area (Å²) in [5, 5.41) is 0. The van der Waals surface area contributed by atoms with Crippen LogP contribution in [0.3, 0.4) is 0 Å². The third-order valence-electron chi connectivity index (χ3n) is 1.95. The van der Waals surface area contributed by atoms with E-state index in [1.54, 1.807) is 6.92 Å². The van der Waals surface area contributed by atoms with Gasteiger partial charge in [-0.1, -0.05) is 29.8 Å². The molecular formula is C12H14O3. The number of carbonyl (C=O) groups excluding carboxylic acids is 2. The summed E-state index contributed by atoms with van der Waals surface area (Å²) >= 11 is 0. The Morgan fingerprint density at radius 2 is 2.07 bits per heavy atom. The highest BCUT2D eigenvalue weighted by Gasteiger charge is 2.14. The van der Waals surface area contributed by atoms with Crippen molar-refractivity contribution in [3.05, 3.63) is 35.4 Å². The lowest BCUT2D eigenvalue weighted by Crippen LogP contribution is -2.19. The Balaban J connectivity index is 2.62. The summed E-state index contributed by atoms with van der Waals surface area (Å²) < 4.78 is 4.62. The summed E-state index contributed by atoms with van der Waals surface area (Å²) in [4.78, 5) is 22.4. The number of Topliss-reactive ketones (excluding diaryl/α,β-unsaturated/α-hetero) is 1. The van der Waals surface area contributed by atoms with E-state index in [0.717, 1.165) is 11.1 Å². The molecule has 1 rings (SSSR count). The number of aryl methyl sites for hydroxylation is 1. The maximum absolute atomic E-state index is 11.3. The topological polar surface area (TPSA) is 43.4 Å². The first-order chi connectivity index (χ1) is 7.13. The molecule has 80 valence electrons. The number of hydrogen-bond donors (Lipinski definition) is 0. The van der Waals surface area contributed by atoms with Gasteiger partial charge in [0.25, 0.3) is 0 Å². The van der Waals surface area contributed by atoms with Gasteiger partial charge in [0.15, 0.2) is 0 Å². The molecule has 0 heterocycles. The molecule has 0 fully saturated rings. The largest absolute Gasteiger partial charge is 0.460 e. The number of rotatable bonds is 4. The molecule has 0 aromatic heterocycles. The fourth-order valence-electron chi connectivity index (χ4n) is 1.29. The smallest absolute Gasteiger partial charge is 0.374 e. The van der Waals surface area contributed by atoms with Gasteiger partial charge in [0.1, 0.15) is 0 Å². The Morgan fingerprint density at radius 1 is 1.33 bits per heavy atom. The quantitative estimate of drug-likeness (QED) is 0.556. The summed E-state index contributed by atoms with van der Waals surface area (Å²) in [5.41, 5.74) is 1.91. The summed E-state index contributed by atoms with van der Waals surface area (Å²) in [7, 11) is 0. The monoisotopic (exact) mass is 206 g/mol. The molecule has 0 unspecified atom stereocenters. The van der Waals surface area contributed by atoms with Crippen LogP contribution >= 0.6 is 0 Å². The second-order valence-electron chi connectivity index (χ2n) is 3.31. The van der Waals surface area contributed by atoms with Crippen LogP contribution in [0.15, 0.2) is 24.3 Å². The van der Waals surface area contributed by atoms with Crippen molar-refractivity contribution >= 4 is 11.8 Å². The molecule has 3 nitrogen and oxygen atoms in total. The summed E-state index contributed by atoms with van der Waals surface area (Å²) in [6, 6.07) is 7.52. The molecule has 0 aliphatic rings. The molecule has 1 aromatic rings. The molecule has 0 atom stereocenters. The number of ketones is 1. The van der Waals surface area contributed by atoms with Crippen molar-refractivity contribution in [3.8, 4) is 0 Å². The van der Waals surface area contributed by atoms with Crippen LogP contribution < -0.4 is 0 Å². The second kappa shape index (κ2) is 5.29. The van der Waals surface area contributed by atoms with E-state index in [0.29, 0.717) is 0 Å². The van der Waals surface area contributed by atoms with Gasteiger partial charge in [-0.15, -0.1) is 0 Å². The van der Waals surface area contributed by atoms with Crippen LogP contribution in [0, 0.1) is 6.92 Å². The fourth-order valence-corrected chi connectivity index (χ4v) is 1.29. The summed E-state index contributed by atoms with van der Waals surface area (Å²) in [5.74, 6) is -1.25. The zero-order valence-electron chi connectivity index (χ0n) is 8.95. The maximum atomic E-state index is 11.3. The van der Waals surface area contributed by atoms with Gasteiger partial charge in [0, 0.05) is 6.42 Å². The lowest BCUT2D eigenvalue weighted by Gasteiger charge is -2.02. The number of ether oxygens (including phenoxy) is 1. The van der Waals surface area contributed by atoms with Crippen molar-refractivity contribution < 1.29 is 14.3 Å². The number of carbonyl (C=O) groups is 2. The third-order valence-corrected chi connectivity index (χ3v) is 1.95. The van der Waals surface area contributed by atoms with Crippen molar-refractivity contribution in [2.45, 2.75) is 20.3 Å². The van der Waals surface area contributed by atoms with E-state index in [1.165, 1.54) is 0 Å². The molecule has 3 heteroatoms. The molecular weight excluding hydrogens is 192 g/mol. The van der Waals surface area contributed by atoms with Gasteiger partial charge < -0.3 is 4.74 Å². The van der Waals surface area contributed by atoms with Crippen LogP contribution in [-0.2, 0) is 20.7 Å². The average molecular weight is 206 g/mol. The molecule has 0 saturated heterocycles. The van der Waals surface area contributed by atoms with Crippen LogP contribution in [0.4, 0.5) is 0 Å². The minimum atomic E-state index is -0.751. The van der Waals surface area contributed by atoms with Crippen LogP contribution in [0.1, 0.15) is 18.1 Å². The second-order valence-corrected chi connectivity index (χ2v) is 3.31. The Kier molecular flexibility index (Phi) is 4.03.